The van der Waals surface area contributed by atoms with E-state index in [1.165, 1.54) is 0 Å². The molecule has 1 N–H and O–H groups in total. The van der Waals surface area contributed by atoms with Gasteiger partial charge in [0, 0.05) is 25.5 Å². The number of rotatable bonds is 1. The van der Waals surface area contributed by atoms with Crippen LogP contribution in [0.4, 0.5) is 0 Å². The van der Waals surface area contributed by atoms with Crippen molar-refractivity contribution in [3.63, 3.8) is 0 Å². The molecule has 9 heavy (non-hydrogen) atoms. The molecule has 1 rings (SSSR count). The molecule has 0 radical (unpaired) electrons. The van der Waals surface area contributed by atoms with Crippen molar-refractivity contribution >= 4 is 0 Å². The Bertz CT molecular complexity index is 124. The lowest BCUT2D eigenvalue weighted by Crippen LogP contribution is -2.23. The van der Waals surface area contributed by atoms with Crippen LogP contribution in [0, 0.1) is 0 Å². The van der Waals surface area contributed by atoms with Crippen molar-refractivity contribution in [2.24, 2.45) is 0 Å². The average molecular weight is 124 g/mol. The summed E-state index contributed by atoms with van der Waals surface area (Å²) in [6.45, 7) is 0. The predicted octanol–water partition coefficient (Wildman–Crippen LogP) is 0.547. The zero-order chi connectivity index (χ0) is 6.69. The maximum atomic E-state index is 3.12. The molecule has 0 unspecified atom stereocenters. The maximum absolute atomic E-state index is 3.12. The second-order valence-electron chi connectivity index (χ2n) is 2.16. The SMILES string of the molecule is CNC1C=CN(C)C=C1. The van der Waals surface area contributed by atoms with Gasteiger partial charge < -0.3 is 10.2 Å². The molecule has 0 saturated carbocycles. The number of hydrogen-bond donors (Lipinski definition) is 1. The van der Waals surface area contributed by atoms with Crippen LogP contribution in [-0.4, -0.2) is 25.0 Å². The van der Waals surface area contributed by atoms with Gasteiger partial charge >= 0.3 is 0 Å². The van der Waals surface area contributed by atoms with Crippen molar-refractivity contribution in [2.75, 3.05) is 14.1 Å². The quantitative estimate of drug-likeness (QED) is 0.549. The van der Waals surface area contributed by atoms with E-state index < -0.39 is 0 Å². The summed E-state index contributed by atoms with van der Waals surface area (Å²) in [7, 11) is 3.96. The minimum Gasteiger partial charge on any atom is -0.358 e. The summed E-state index contributed by atoms with van der Waals surface area (Å²) in [6.07, 6.45) is 8.31. The normalized spacial score (nSPS) is 19.1. The third kappa shape index (κ3) is 1.57. The lowest BCUT2D eigenvalue weighted by molar-refractivity contribution is 0.591. The van der Waals surface area contributed by atoms with Crippen molar-refractivity contribution in [3.8, 4) is 0 Å². The van der Waals surface area contributed by atoms with Crippen LogP contribution in [0.25, 0.3) is 0 Å². The summed E-state index contributed by atoms with van der Waals surface area (Å²) in [6, 6.07) is 0.418. The van der Waals surface area contributed by atoms with E-state index in [0.29, 0.717) is 6.04 Å². The third-order valence-electron chi connectivity index (χ3n) is 1.39. The van der Waals surface area contributed by atoms with E-state index in [4.69, 9.17) is 0 Å². The molecule has 0 aliphatic carbocycles. The molecule has 50 valence electrons. The van der Waals surface area contributed by atoms with Crippen LogP contribution in [0.5, 0.6) is 0 Å². The first-order chi connectivity index (χ1) is 4.33. The molecule has 0 bridgehead atoms. The first-order valence-electron chi connectivity index (χ1n) is 3.09. The van der Waals surface area contributed by atoms with Gasteiger partial charge in [-0.3, -0.25) is 0 Å². The summed E-state index contributed by atoms with van der Waals surface area (Å²) in [5.74, 6) is 0. The Morgan fingerprint density at radius 2 is 1.89 bits per heavy atom. The van der Waals surface area contributed by atoms with Crippen molar-refractivity contribution in [1.29, 1.82) is 0 Å². The van der Waals surface area contributed by atoms with Crippen molar-refractivity contribution in [3.05, 3.63) is 24.6 Å². The summed E-state index contributed by atoms with van der Waals surface area (Å²) in [5, 5.41) is 3.12. The number of hydrogen-bond acceptors (Lipinski definition) is 2. The third-order valence-corrected chi connectivity index (χ3v) is 1.39. The molecule has 1 aliphatic heterocycles. The van der Waals surface area contributed by atoms with Crippen molar-refractivity contribution in [1.82, 2.24) is 10.2 Å². The summed E-state index contributed by atoms with van der Waals surface area (Å²) >= 11 is 0. The van der Waals surface area contributed by atoms with Gasteiger partial charge in [0.2, 0.25) is 0 Å². The molecule has 0 atom stereocenters. The van der Waals surface area contributed by atoms with Gasteiger partial charge in [-0.05, 0) is 19.2 Å². The lowest BCUT2D eigenvalue weighted by Gasteiger charge is -2.16. The molecule has 0 saturated heterocycles. The molecule has 1 aliphatic rings. The van der Waals surface area contributed by atoms with E-state index in [0.717, 1.165) is 0 Å². The summed E-state index contributed by atoms with van der Waals surface area (Å²) < 4.78 is 0. The van der Waals surface area contributed by atoms with Crippen LogP contribution >= 0.6 is 0 Å². The van der Waals surface area contributed by atoms with Crippen LogP contribution in [0.15, 0.2) is 24.6 Å². The van der Waals surface area contributed by atoms with Gasteiger partial charge in [-0.1, -0.05) is 0 Å². The zero-order valence-electron chi connectivity index (χ0n) is 5.83. The highest BCUT2D eigenvalue weighted by atomic mass is 15.1. The highest BCUT2D eigenvalue weighted by Crippen LogP contribution is 1.99. The van der Waals surface area contributed by atoms with Crippen LogP contribution < -0.4 is 5.32 Å². The fourth-order valence-corrected chi connectivity index (χ4v) is 0.763. The molecule has 1 heterocycles. The van der Waals surface area contributed by atoms with Crippen molar-refractivity contribution < 1.29 is 0 Å². The van der Waals surface area contributed by atoms with E-state index >= 15 is 0 Å². The van der Waals surface area contributed by atoms with E-state index in [2.05, 4.69) is 17.5 Å². The predicted molar refractivity (Wildman–Crippen MR) is 38.9 cm³/mol. The number of likely N-dealkylation sites (N-methyl/N-ethyl adjacent to an activating group) is 1. The molecule has 2 nitrogen and oxygen atoms in total. The molecule has 0 aromatic heterocycles. The van der Waals surface area contributed by atoms with Gasteiger partial charge in [-0.2, -0.15) is 0 Å². The smallest absolute Gasteiger partial charge is 0.0467 e. The first kappa shape index (κ1) is 6.36. The van der Waals surface area contributed by atoms with Crippen LogP contribution in [0.2, 0.25) is 0 Å². The molecule has 0 amide bonds. The maximum Gasteiger partial charge on any atom is 0.0467 e. The highest BCUT2D eigenvalue weighted by molar-refractivity contribution is 5.10. The Morgan fingerprint density at radius 1 is 1.33 bits per heavy atom. The lowest BCUT2D eigenvalue weighted by atomic mass is 10.2. The molecular weight excluding hydrogens is 112 g/mol. The van der Waals surface area contributed by atoms with E-state index in [9.17, 15) is 0 Å². The van der Waals surface area contributed by atoms with Crippen LogP contribution in [-0.2, 0) is 0 Å². The average Bonchev–Trinajstić information content (AvgIpc) is 1.90. The summed E-state index contributed by atoms with van der Waals surface area (Å²) in [5.41, 5.74) is 0. The first-order valence-corrected chi connectivity index (χ1v) is 3.09. The van der Waals surface area contributed by atoms with E-state index in [-0.39, 0.29) is 0 Å². The standard InChI is InChI=1S/C7H12N2/c1-8-7-3-5-9(2)6-4-7/h3-8H,1-2H3. The van der Waals surface area contributed by atoms with Crippen LogP contribution in [0.3, 0.4) is 0 Å². The van der Waals surface area contributed by atoms with Gasteiger partial charge in [0.05, 0.1) is 0 Å². The Morgan fingerprint density at radius 3 is 2.33 bits per heavy atom. The second-order valence-corrected chi connectivity index (χ2v) is 2.16. The Balaban J connectivity index is 2.48. The van der Waals surface area contributed by atoms with Gasteiger partial charge in [-0.25, -0.2) is 0 Å². The van der Waals surface area contributed by atoms with Gasteiger partial charge in [0.25, 0.3) is 0 Å². The minimum atomic E-state index is 0.418. The van der Waals surface area contributed by atoms with E-state index in [1.807, 2.05) is 31.4 Å². The van der Waals surface area contributed by atoms with Crippen molar-refractivity contribution in [2.45, 2.75) is 6.04 Å². The Hall–Kier alpha value is -0.760. The topological polar surface area (TPSA) is 15.3 Å². The second kappa shape index (κ2) is 2.69. The monoisotopic (exact) mass is 124 g/mol. The number of nitrogens with one attached hydrogen (secondary N) is 1. The van der Waals surface area contributed by atoms with Gasteiger partial charge in [-0.15, -0.1) is 0 Å². The minimum absolute atomic E-state index is 0.418. The van der Waals surface area contributed by atoms with E-state index in [1.54, 1.807) is 0 Å². The van der Waals surface area contributed by atoms with Gasteiger partial charge in [0.15, 0.2) is 0 Å². The zero-order valence-corrected chi connectivity index (χ0v) is 5.83. The number of nitrogens with zero attached hydrogens (tertiary/aromatic N) is 1. The fourth-order valence-electron chi connectivity index (χ4n) is 0.763. The van der Waals surface area contributed by atoms with Gasteiger partial charge in [0.1, 0.15) is 0 Å². The molecule has 2 heteroatoms. The highest BCUT2D eigenvalue weighted by Gasteiger charge is 1.98. The molecular formula is C7H12N2. The van der Waals surface area contributed by atoms with Crippen LogP contribution in [0.1, 0.15) is 0 Å². The summed E-state index contributed by atoms with van der Waals surface area (Å²) in [4.78, 5) is 2.02. The fraction of sp³-hybridized carbons (Fsp3) is 0.429. The molecule has 0 aromatic carbocycles. The molecule has 0 spiro atoms. The molecule has 0 fully saturated rings. The largest absolute Gasteiger partial charge is 0.358 e. The molecule has 0 aromatic rings. The Kier molecular flexibility index (Phi) is 1.90. The Labute approximate surface area is 55.9 Å².